The quantitative estimate of drug-likeness (QED) is 0.790. The highest BCUT2D eigenvalue weighted by Gasteiger charge is 2.25. The van der Waals surface area contributed by atoms with Crippen molar-refractivity contribution in [2.45, 2.75) is 27.2 Å². The summed E-state index contributed by atoms with van der Waals surface area (Å²) in [4.78, 5) is 12.0. The molecule has 0 fully saturated rings. The summed E-state index contributed by atoms with van der Waals surface area (Å²) >= 11 is 0. The lowest BCUT2D eigenvalue weighted by Gasteiger charge is -2.21. The van der Waals surface area contributed by atoms with Crippen LogP contribution in [-0.4, -0.2) is 13.0 Å². The number of amides is 1. The Labute approximate surface area is 102 Å². The molecule has 0 aliphatic rings. The first-order valence-electron chi connectivity index (χ1n) is 5.65. The summed E-state index contributed by atoms with van der Waals surface area (Å²) in [6, 6.07) is 5.20. The maximum Gasteiger partial charge on any atom is 0.230 e. The molecule has 0 atom stereocenters. The minimum absolute atomic E-state index is 0.00757. The third-order valence-corrected chi connectivity index (χ3v) is 2.99. The van der Waals surface area contributed by atoms with E-state index in [1.807, 2.05) is 20.8 Å². The molecule has 0 aliphatic carbocycles. The van der Waals surface area contributed by atoms with E-state index in [9.17, 15) is 4.79 Å². The predicted octanol–water partition coefficient (Wildman–Crippen LogP) is 2.65. The Kier molecular flexibility index (Phi) is 3.99. The molecule has 0 heterocycles. The lowest BCUT2D eigenvalue weighted by atomic mass is 9.89. The van der Waals surface area contributed by atoms with E-state index in [1.165, 1.54) is 0 Å². The normalized spacial score (nSPS) is 11.1. The van der Waals surface area contributed by atoms with Crippen LogP contribution in [0.3, 0.4) is 0 Å². The molecule has 3 N–H and O–H groups in total. The minimum atomic E-state index is -0.380. The molecule has 4 heteroatoms. The lowest BCUT2D eigenvalue weighted by molar-refractivity contribution is -0.124. The van der Waals surface area contributed by atoms with Gasteiger partial charge in [0.15, 0.2) is 0 Å². The highest BCUT2D eigenvalue weighted by Crippen LogP contribution is 2.27. The molecule has 1 aromatic rings. The zero-order valence-corrected chi connectivity index (χ0v) is 10.8. The third kappa shape index (κ3) is 3.12. The van der Waals surface area contributed by atoms with Gasteiger partial charge in [0.1, 0.15) is 5.75 Å². The predicted molar refractivity (Wildman–Crippen MR) is 70.1 cm³/mol. The first-order chi connectivity index (χ1) is 7.90. The van der Waals surface area contributed by atoms with E-state index in [2.05, 4.69) is 5.32 Å². The number of rotatable bonds is 4. The van der Waals surface area contributed by atoms with Gasteiger partial charge in [-0.15, -0.1) is 0 Å². The maximum atomic E-state index is 12.0. The number of nitrogens with one attached hydrogen (secondary N) is 1. The van der Waals surface area contributed by atoms with Crippen LogP contribution in [0.15, 0.2) is 18.2 Å². The zero-order chi connectivity index (χ0) is 13.1. The van der Waals surface area contributed by atoms with Gasteiger partial charge in [0.25, 0.3) is 0 Å². The topological polar surface area (TPSA) is 64.4 Å². The second-order valence-corrected chi connectivity index (χ2v) is 4.65. The molecule has 0 saturated carbocycles. The number of nitrogens with two attached hydrogens (primary N) is 1. The molecule has 4 nitrogen and oxygen atoms in total. The van der Waals surface area contributed by atoms with Crippen molar-refractivity contribution in [1.82, 2.24) is 0 Å². The highest BCUT2D eigenvalue weighted by atomic mass is 16.5. The van der Waals surface area contributed by atoms with Gasteiger partial charge in [0, 0.05) is 17.2 Å². The molecule has 17 heavy (non-hydrogen) atoms. The largest absolute Gasteiger partial charge is 0.495 e. The lowest BCUT2D eigenvalue weighted by Crippen LogP contribution is -2.29. The fourth-order valence-corrected chi connectivity index (χ4v) is 1.25. The van der Waals surface area contributed by atoms with Crippen molar-refractivity contribution in [1.29, 1.82) is 0 Å². The van der Waals surface area contributed by atoms with Gasteiger partial charge in [-0.2, -0.15) is 0 Å². The average Bonchev–Trinajstić information content (AvgIpc) is 2.31. The fourth-order valence-electron chi connectivity index (χ4n) is 1.25. The number of benzene rings is 1. The Bertz CT molecular complexity index is 414. The van der Waals surface area contributed by atoms with Crippen molar-refractivity contribution >= 4 is 17.3 Å². The number of hydrogen-bond acceptors (Lipinski definition) is 3. The molecule has 0 unspecified atom stereocenters. The average molecular weight is 236 g/mol. The summed E-state index contributed by atoms with van der Waals surface area (Å²) in [5, 5.41) is 2.86. The number of anilines is 2. The van der Waals surface area contributed by atoms with E-state index in [1.54, 1.807) is 25.3 Å². The van der Waals surface area contributed by atoms with Gasteiger partial charge in [-0.25, -0.2) is 0 Å². The Morgan fingerprint density at radius 3 is 2.65 bits per heavy atom. The third-order valence-electron chi connectivity index (χ3n) is 2.99. The molecule has 0 radical (unpaired) electrons. The molecule has 0 bridgehead atoms. The first-order valence-corrected chi connectivity index (χ1v) is 5.65. The van der Waals surface area contributed by atoms with Crippen LogP contribution in [-0.2, 0) is 4.79 Å². The summed E-state index contributed by atoms with van der Waals surface area (Å²) in [6.07, 6.45) is 0.783. The van der Waals surface area contributed by atoms with Gasteiger partial charge in [-0.3, -0.25) is 4.79 Å². The smallest absolute Gasteiger partial charge is 0.230 e. The molecule has 0 aromatic heterocycles. The number of ether oxygens (including phenoxy) is 1. The number of nitrogen functional groups attached to an aromatic ring is 1. The van der Waals surface area contributed by atoms with Crippen LogP contribution < -0.4 is 15.8 Å². The van der Waals surface area contributed by atoms with Crippen LogP contribution in [0.4, 0.5) is 11.4 Å². The van der Waals surface area contributed by atoms with Crippen LogP contribution >= 0.6 is 0 Å². The number of hydrogen-bond donors (Lipinski definition) is 2. The second-order valence-electron chi connectivity index (χ2n) is 4.65. The molecule has 94 valence electrons. The van der Waals surface area contributed by atoms with Crippen molar-refractivity contribution in [2.75, 3.05) is 18.2 Å². The van der Waals surface area contributed by atoms with Gasteiger partial charge >= 0.3 is 0 Å². The van der Waals surface area contributed by atoms with E-state index in [0.29, 0.717) is 17.1 Å². The van der Waals surface area contributed by atoms with Crippen LogP contribution in [0.2, 0.25) is 0 Å². The molecule has 1 amide bonds. The van der Waals surface area contributed by atoms with Crippen molar-refractivity contribution in [3.8, 4) is 5.75 Å². The summed E-state index contributed by atoms with van der Waals surface area (Å²) in [6.45, 7) is 5.82. The number of carbonyl (C=O) groups excluding carboxylic acids is 1. The van der Waals surface area contributed by atoms with Crippen LogP contribution in [0, 0.1) is 5.41 Å². The first kappa shape index (κ1) is 13.4. The SMILES string of the molecule is CCC(C)(C)C(=O)Nc1ccc(N)c(OC)c1. The van der Waals surface area contributed by atoms with E-state index < -0.39 is 0 Å². The molecule has 0 spiro atoms. The van der Waals surface area contributed by atoms with Crippen LogP contribution in [0.1, 0.15) is 27.2 Å². The molecule has 0 saturated heterocycles. The summed E-state index contributed by atoms with van der Waals surface area (Å²) in [5.41, 5.74) is 6.58. The monoisotopic (exact) mass is 236 g/mol. The standard InChI is InChI=1S/C13H20N2O2/c1-5-13(2,3)12(16)15-9-6-7-10(14)11(8-9)17-4/h6-8H,5,14H2,1-4H3,(H,15,16). The Hall–Kier alpha value is -1.71. The zero-order valence-electron chi connectivity index (χ0n) is 10.8. The number of carbonyl (C=O) groups is 1. The van der Waals surface area contributed by atoms with E-state index in [0.717, 1.165) is 6.42 Å². The van der Waals surface area contributed by atoms with Crippen molar-refractivity contribution in [2.24, 2.45) is 5.41 Å². The molecular formula is C13H20N2O2. The molecule has 1 rings (SSSR count). The van der Waals surface area contributed by atoms with Crippen LogP contribution in [0.5, 0.6) is 5.75 Å². The molecular weight excluding hydrogens is 216 g/mol. The van der Waals surface area contributed by atoms with Crippen molar-refractivity contribution in [3.63, 3.8) is 0 Å². The van der Waals surface area contributed by atoms with E-state index in [-0.39, 0.29) is 11.3 Å². The second kappa shape index (κ2) is 5.08. The summed E-state index contributed by atoms with van der Waals surface area (Å²) < 4.78 is 5.10. The Balaban J connectivity index is 2.86. The maximum absolute atomic E-state index is 12.0. The van der Waals surface area contributed by atoms with Crippen molar-refractivity contribution in [3.05, 3.63) is 18.2 Å². The van der Waals surface area contributed by atoms with Gasteiger partial charge < -0.3 is 15.8 Å². The van der Waals surface area contributed by atoms with Crippen molar-refractivity contribution < 1.29 is 9.53 Å². The minimum Gasteiger partial charge on any atom is -0.495 e. The Morgan fingerprint density at radius 2 is 2.12 bits per heavy atom. The summed E-state index contributed by atoms with van der Waals surface area (Å²) in [7, 11) is 1.55. The van der Waals surface area contributed by atoms with Crippen LogP contribution in [0.25, 0.3) is 0 Å². The number of methoxy groups -OCH3 is 1. The summed E-state index contributed by atoms with van der Waals surface area (Å²) in [5.74, 6) is 0.559. The van der Waals surface area contributed by atoms with E-state index >= 15 is 0 Å². The van der Waals surface area contributed by atoms with Gasteiger partial charge in [0.05, 0.1) is 12.8 Å². The molecule has 0 aliphatic heterocycles. The Morgan fingerprint density at radius 1 is 1.47 bits per heavy atom. The van der Waals surface area contributed by atoms with E-state index in [4.69, 9.17) is 10.5 Å². The molecule has 1 aromatic carbocycles. The highest BCUT2D eigenvalue weighted by molar-refractivity contribution is 5.95. The van der Waals surface area contributed by atoms with Gasteiger partial charge in [0.2, 0.25) is 5.91 Å². The van der Waals surface area contributed by atoms with Gasteiger partial charge in [-0.1, -0.05) is 20.8 Å². The fraction of sp³-hybridized carbons (Fsp3) is 0.462. The van der Waals surface area contributed by atoms with Gasteiger partial charge in [-0.05, 0) is 18.6 Å².